The zero-order valence-electron chi connectivity index (χ0n) is 20.3. The van der Waals surface area contributed by atoms with Crippen molar-refractivity contribution in [1.82, 2.24) is 0 Å². The fourth-order valence-corrected chi connectivity index (χ4v) is 4.57. The molecule has 3 heteroatoms. The first kappa shape index (κ1) is 24.6. The third-order valence-electron chi connectivity index (χ3n) is 6.73. The van der Waals surface area contributed by atoms with E-state index in [9.17, 15) is 4.39 Å². The third-order valence-corrected chi connectivity index (χ3v) is 6.73. The Kier molecular flexibility index (Phi) is 8.27. The highest BCUT2D eigenvalue weighted by Crippen LogP contribution is 2.25. The first-order chi connectivity index (χ1) is 17.1. The van der Waals surface area contributed by atoms with Crippen molar-refractivity contribution < 1.29 is 8.78 Å². The van der Waals surface area contributed by atoms with Gasteiger partial charge in [0.15, 0.2) is 0 Å². The quantitative estimate of drug-likeness (QED) is 0.215. The van der Waals surface area contributed by atoms with Crippen LogP contribution in [0.5, 0.6) is 0 Å². The van der Waals surface area contributed by atoms with E-state index in [0.717, 1.165) is 53.3 Å². The van der Waals surface area contributed by atoms with Gasteiger partial charge in [-0.15, -0.1) is 0 Å². The molecule has 4 aromatic rings. The summed E-state index contributed by atoms with van der Waals surface area (Å²) in [4.78, 5) is 0. The van der Waals surface area contributed by atoms with E-state index in [4.69, 9.17) is 5.26 Å². The summed E-state index contributed by atoms with van der Waals surface area (Å²) in [5.74, 6) is -0.301. The van der Waals surface area contributed by atoms with Gasteiger partial charge in [-0.25, -0.2) is 8.78 Å². The van der Waals surface area contributed by atoms with Gasteiger partial charge in [0, 0.05) is 5.39 Å². The highest BCUT2D eigenvalue weighted by molar-refractivity contribution is 5.84. The second kappa shape index (κ2) is 11.8. The van der Waals surface area contributed by atoms with Crippen LogP contribution in [0.25, 0.3) is 10.8 Å². The predicted octanol–water partition coefficient (Wildman–Crippen LogP) is 8.29. The first-order valence-corrected chi connectivity index (χ1v) is 12.5. The molecule has 0 fully saturated rings. The molecule has 0 bridgehead atoms. The summed E-state index contributed by atoms with van der Waals surface area (Å²) in [6.07, 6.45) is 7.01. The molecule has 0 spiro atoms. The molecule has 178 valence electrons. The maximum atomic E-state index is 15.2. The Hall–Kier alpha value is -3.51. The third kappa shape index (κ3) is 6.34. The van der Waals surface area contributed by atoms with Crippen LogP contribution in [-0.2, 0) is 32.1 Å². The summed E-state index contributed by atoms with van der Waals surface area (Å²) in [6.45, 7) is 2.17. The normalized spacial score (nSPS) is 11.0. The van der Waals surface area contributed by atoms with Gasteiger partial charge in [0.1, 0.15) is 11.6 Å². The van der Waals surface area contributed by atoms with E-state index >= 15 is 4.39 Å². The molecule has 4 rings (SSSR count). The number of hydrogen-bond acceptors (Lipinski definition) is 1. The van der Waals surface area contributed by atoms with Crippen LogP contribution in [-0.4, -0.2) is 0 Å². The van der Waals surface area contributed by atoms with Gasteiger partial charge in [0.2, 0.25) is 0 Å². The maximum Gasteiger partial charge on any atom is 0.134 e. The number of nitrogens with zero attached hydrogens (tertiary/aromatic N) is 1. The molecule has 0 saturated heterocycles. The van der Waals surface area contributed by atoms with E-state index in [1.165, 1.54) is 6.42 Å². The molecule has 0 atom stereocenters. The van der Waals surface area contributed by atoms with Gasteiger partial charge >= 0.3 is 0 Å². The highest BCUT2D eigenvalue weighted by Gasteiger charge is 2.10. The van der Waals surface area contributed by atoms with Crippen LogP contribution >= 0.6 is 0 Å². The van der Waals surface area contributed by atoms with Crippen molar-refractivity contribution in [2.24, 2.45) is 0 Å². The predicted molar refractivity (Wildman–Crippen MR) is 140 cm³/mol. The van der Waals surface area contributed by atoms with Crippen molar-refractivity contribution in [2.45, 2.75) is 58.3 Å². The standard InChI is InChI=1S/C32H31F2N/c1-2-3-4-5-24-11-14-27(31(33)21-24)15-12-25-13-19-30-29(20-25)18-17-28(32(30)34)16-10-23-6-8-26(22-35)9-7-23/h6-9,11,13-14,17-21H,2-5,10,12,15-16H2,1H3. The number of nitriles is 1. The van der Waals surface area contributed by atoms with Crippen molar-refractivity contribution in [3.05, 3.63) is 118 Å². The number of aryl methyl sites for hydroxylation is 5. The Bertz CT molecular complexity index is 1330. The van der Waals surface area contributed by atoms with Crippen LogP contribution in [0.1, 0.15) is 59.6 Å². The minimum absolute atomic E-state index is 0.127. The largest absolute Gasteiger partial charge is 0.207 e. The van der Waals surface area contributed by atoms with Gasteiger partial charge in [0.05, 0.1) is 11.6 Å². The molecule has 0 unspecified atom stereocenters. The van der Waals surface area contributed by atoms with E-state index in [-0.39, 0.29) is 11.6 Å². The van der Waals surface area contributed by atoms with Crippen molar-refractivity contribution in [3.63, 3.8) is 0 Å². The maximum absolute atomic E-state index is 15.2. The number of fused-ring (bicyclic) bond motifs is 1. The lowest BCUT2D eigenvalue weighted by Gasteiger charge is -2.10. The molecular weight excluding hydrogens is 436 g/mol. The summed E-state index contributed by atoms with van der Waals surface area (Å²) >= 11 is 0. The van der Waals surface area contributed by atoms with Crippen LogP contribution < -0.4 is 0 Å². The van der Waals surface area contributed by atoms with Gasteiger partial charge in [-0.2, -0.15) is 5.26 Å². The van der Waals surface area contributed by atoms with Gasteiger partial charge in [0.25, 0.3) is 0 Å². The molecule has 0 radical (unpaired) electrons. The number of halogens is 2. The van der Waals surface area contributed by atoms with Crippen LogP contribution in [0.15, 0.2) is 72.8 Å². The van der Waals surface area contributed by atoms with Gasteiger partial charge in [-0.05, 0) is 89.9 Å². The summed E-state index contributed by atoms with van der Waals surface area (Å²) < 4.78 is 29.8. The molecule has 0 aliphatic heterocycles. The first-order valence-electron chi connectivity index (χ1n) is 12.5. The number of rotatable bonds is 10. The second-order valence-corrected chi connectivity index (χ2v) is 9.29. The summed E-state index contributed by atoms with van der Waals surface area (Å²) in [6, 6.07) is 24.8. The lowest BCUT2D eigenvalue weighted by Crippen LogP contribution is -1.98. The van der Waals surface area contributed by atoms with Crippen LogP contribution in [0.4, 0.5) is 8.78 Å². The van der Waals surface area contributed by atoms with E-state index < -0.39 is 0 Å². The Balaban J connectivity index is 1.40. The molecule has 0 aliphatic rings. The Labute approximate surface area is 207 Å². The Morgan fingerprint density at radius 1 is 0.657 bits per heavy atom. The molecule has 35 heavy (non-hydrogen) atoms. The van der Waals surface area contributed by atoms with Crippen molar-refractivity contribution in [1.29, 1.82) is 5.26 Å². The van der Waals surface area contributed by atoms with Crippen molar-refractivity contribution in [2.75, 3.05) is 0 Å². The molecule has 0 N–H and O–H groups in total. The van der Waals surface area contributed by atoms with Crippen LogP contribution in [0.2, 0.25) is 0 Å². The molecule has 0 heterocycles. The SMILES string of the molecule is CCCCCc1ccc(CCc2ccc3c(F)c(CCc4ccc(C#N)cc4)ccc3c2)c(F)c1. The van der Waals surface area contributed by atoms with E-state index in [1.54, 1.807) is 18.2 Å². The highest BCUT2D eigenvalue weighted by atomic mass is 19.1. The second-order valence-electron chi connectivity index (χ2n) is 9.29. The molecule has 0 amide bonds. The van der Waals surface area contributed by atoms with Gasteiger partial charge in [-0.3, -0.25) is 0 Å². The topological polar surface area (TPSA) is 23.8 Å². The fraction of sp³-hybridized carbons (Fsp3) is 0.281. The lowest BCUT2D eigenvalue weighted by molar-refractivity contribution is 0.604. The minimum atomic E-state index is -0.174. The summed E-state index contributed by atoms with van der Waals surface area (Å²) in [5, 5.41) is 10.4. The average Bonchev–Trinajstić information content (AvgIpc) is 2.88. The molecule has 0 aromatic heterocycles. The number of hydrogen-bond donors (Lipinski definition) is 0. The number of benzene rings is 4. The smallest absolute Gasteiger partial charge is 0.134 e. The van der Waals surface area contributed by atoms with Crippen LogP contribution in [0.3, 0.4) is 0 Å². The lowest BCUT2D eigenvalue weighted by atomic mass is 9.96. The Morgan fingerprint density at radius 2 is 1.31 bits per heavy atom. The molecule has 0 saturated carbocycles. The number of unbranched alkanes of at least 4 members (excludes halogenated alkanes) is 2. The monoisotopic (exact) mass is 467 g/mol. The minimum Gasteiger partial charge on any atom is -0.207 e. The molecular formula is C32H31F2N. The van der Waals surface area contributed by atoms with Gasteiger partial charge < -0.3 is 0 Å². The zero-order valence-corrected chi connectivity index (χ0v) is 20.3. The Morgan fingerprint density at radius 3 is 2.06 bits per heavy atom. The molecule has 0 aliphatic carbocycles. The van der Waals surface area contributed by atoms with Crippen molar-refractivity contribution >= 4 is 10.8 Å². The van der Waals surface area contributed by atoms with E-state index in [1.807, 2.05) is 54.6 Å². The van der Waals surface area contributed by atoms with Crippen molar-refractivity contribution in [3.8, 4) is 6.07 Å². The zero-order chi connectivity index (χ0) is 24.6. The summed E-state index contributed by atoms with van der Waals surface area (Å²) in [7, 11) is 0. The fourth-order valence-electron chi connectivity index (χ4n) is 4.57. The van der Waals surface area contributed by atoms with Crippen LogP contribution in [0, 0.1) is 23.0 Å². The molecule has 1 nitrogen and oxygen atoms in total. The van der Waals surface area contributed by atoms with E-state index in [0.29, 0.717) is 35.8 Å². The van der Waals surface area contributed by atoms with E-state index in [2.05, 4.69) is 13.0 Å². The summed E-state index contributed by atoms with van der Waals surface area (Å²) in [5.41, 5.74) is 5.28. The average molecular weight is 468 g/mol. The van der Waals surface area contributed by atoms with Gasteiger partial charge in [-0.1, -0.05) is 74.4 Å². The molecule has 4 aromatic carbocycles.